The van der Waals surface area contributed by atoms with E-state index in [4.69, 9.17) is 4.74 Å². The fourth-order valence-electron chi connectivity index (χ4n) is 1.50. The lowest BCUT2D eigenvalue weighted by molar-refractivity contribution is 0.239. The van der Waals surface area contributed by atoms with Crippen LogP contribution in [0.25, 0.3) is 5.57 Å². The number of ether oxygens (including phenoxy) is 1. The Balaban J connectivity index is 2.88. The summed E-state index contributed by atoms with van der Waals surface area (Å²) in [6.07, 6.45) is 3.47. The van der Waals surface area contributed by atoms with Crippen LogP contribution in [0.2, 0.25) is 0 Å². The van der Waals surface area contributed by atoms with Gasteiger partial charge in [-0.15, -0.1) is 0 Å². The van der Waals surface area contributed by atoms with Crippen molar-refractivity contribution in [2.45, 2.75) is 20.3 Å². The van der Waals surface area contributed by atoms with E-state index in [1.165, 1.54) is 17.6 Å². The summed E-state index contributed by atoms with van der Waals surface area (Å²) in [7, 11) is 1.74. The van der Waals surface area contributed by atoms with E-state index in [1.54, 1.807) is 7.11 Å². The molecule has 0 saturated carbocycles. The van der Waals surface area contributed by atoms with Gasteiger partial charge in [0.1, 0.15) is 0 Å². The highest BCUT2D eigenvalue weighted by Gasteiger charge is 2.02. The molecule has 0 bridgehead atoms. The van der Waals surface area contributed by atoms with Crippen LogP contribution in [0.1, 0.15) is 25.8 Å². The van der Waals surface area contributed by atoms with Crippen LogP contribution >= 0.6 is 0 Å². The Bertz CT molecular complexity index is 300. The molecule has 0 aliphatic carbocycles. The minimum atomic E-state index is 0.607. The molecule has 1 nitrogen and oxygen atoms in total. The molecule has 1 aromatic carbocycles. The van der Waals surface area contributed by atoms with Gasteiger partial charge in [-0.2, -0.15) is 0 Å². The highest BCUT2D eigenvalue weighted by Crippen LogP contribution is 2.18. The van der Waals surface area contributed by atoms with Gasteiger partial charge < -0.3 is 4.74 Å². The average Bonchev–Trinajstić information content (AvgIpc) is 2.29. The summed E-state index contributed by atoms with van der Waals surface area (Å²) < 4.78 is 5.24. The fraction of sp³-hybridized carbons (Fsp3) is 0.429. The van der Waals surface area contributed by atoms with Gasteiger partial charge in [0.2, 0.25) is 0 Å². The molecule has 1 heteroatoms. The predicted octanol–water partition coefficient (Wildman–Crippen LogP) is 3.76. The minimum Gasteiger partial charge on any atom is -0.380 e. The summed E-state index contributed by atoms with van der Waals surface area (Å²) in [4.78, 5) is 0. The summed E-state index contributed by atoms with van der Waals surface area (Å²) in [6, 6.07) is 10.4. The van der Waals surface area contributed by atoms with Crippen molar-refractivity contribution in [1.82, 2.24) is 0 Å². The highest BCUT2D eigenvalue weighted by atomic mass is 16.5. The highest BCUT2D eigenvalue weighted by molar-refractivity contribution is 5.66. The lowest BCUT2D eigenvalue weighted by Gasteiger charge is -2.09. The van der Waals surface area contributed by atoms with Crippen LogP contribution in [-0.4, -0.2) is 13.7 Å². The summed E-state index contributed by atoms with van der Waals surface area (Å²) in [5.41, 5.74) is 2.55. The molecule has 0 aromatic heterocycles. The van der Waals surface area contributed by atoms with Crippen molar-refractivity contribution in [1.29, 1.82) is 0 Å². The molecular weight excluding hydrogens is 184 g/mol. The Hall–Kier alpha value is -1.08. The average molecular weight is 204 g/mol. The number of benzene rings is 1. The molecule has 0 amide bonds. The fourth-order valence-corrected chi connectivity index (χ4v) is 1.50. The molecule has 0 radical (unpaired) electrons. The maximum absolute atomic E-state index is 5.24. The Morgan fingerprint density at radius 1 is 1.33 bits per heavy atom. The topological polar surface area (TPSA) is 9.23 Å². The van der Waals surface area contributed by atoms with Crippen LogP contribution in [0.4, 0.5) is 0 Å². The zero-order valence-corrected chi connectivity index (χ0v) is 9.86. The SMILES string of the molecule is CCC(C)/C=C(/COC)c1ccccc1. The van der Waals surface area contributed by atoms with E-state index in [-0.39, 0.29) is 0 Å². The number of allylic oxidation sites excluding steroid dienone is 1. The lowest BCUT2D eigenvalue weighted by Crippen LogP contribution is -1.97. The third kappa shape index (κ3) is 3.88. The first-order chi connectivity index (χ1) is 7.27. The Kier molecular flexibility index (Phi) is 5.13. The summed E-state index contributed by atoms with van der Waals surface area (Å²) in [5.74, 6) is 0.607. The monoisotopic (exact) mass is 204 g/mol. The molecule has 82 valence electrons. The molecule has 1 atom stereocenters. The van der Waals surface area contributed by atoms with Crippen LogP contribution in [-0.2, 0) is 4.74 Å². The van der Waals surface area contributed by atoms with Crippen LogP contribution < -0.4 is 0 Å². The van der Waals surface area contributed by atoms with Crippen LogP contribution in [0.15, 0.2) is 36.4 Å². The van der Waals surface area contributed by atoms with Crippen LogP contribution in [0.3, 0.4) is 0 Å². The molecule has 0 fully saturated rings. The van der Waals surface area contributed by atoms with E-state index < -0.39 is 0 Å². The molecule has 0 heterocycles. The summed E-state index contributed by atoms with van der Waals surface area (Å²) in [6.45, 7) is 5.13. The summed E-state index contributed by atoms with van der Waals surface area (Å²) >= 11 is 0. The Morgan fingerprint density at radius 3 is 2.53 bits per heavy atom. The van der Waals surface area contributed by atoms with Gasteiger partial charge in [0.25, 0.3) is 0 Å². The predicted molar refractivity (Wildman–Crippen MR) is 65.8 cm³/mol. The number of methoxy groups -OCH3 is 1. The molecule has 0 spiro atoms. The van der Waals surface area contributed by atoms with Crippen molar-refractivity contribution >= 4 is 5.57 Å². The molecular formula is C14H20O. The molecule has 0 aliphatic heterocycles. The molecule has 1 rings (SSSR count). The lowest BCUT2D eigenvalue weighted by atomic mass is 10.00. The second-order valence-corrected chi connectivity index (χ2v) is 3.88. The first-order valence-corrected chi connectivity index (χ1v) is 5.53. The number of hydrogen-bond donors (Lipinski definition) is 0. The zero-order chi connectivity index (χ0) is 11.1. The van der Waals surface area contributed by atoms with Crippen molar-refractivity contribution in [3.8, 4) is 0 Å². The second kappa shape index (κ2) is 6.41. The van der Waals surface area contributed by atoms with Gasteiger partial charge in [0.15, 0.2) is 0 Å². The van der Waals surface area contributed by atoms with Gasteiger partial charge in [-0.3, -0.25) is 0 Å². The van der Waals surface area contributed by atoms with Crippen LogP contribution in [0.5, 0.6) is 0 Å². The van der Waals surface area contributed by atoms with E-state index in [0.717, 1.165) is 0 Å². The maximum Gasteiger partial charge on any atom is 0.0715 e. The van der Waals surface area contributed by atoms with Gasteiger partial charge in [0.05, 0.1) is 6.61 Å². The Labute approximate surface area is 92.8 Å². The van der Waals surface area contributed by atoms with Crippen LogP contribution in [0, 0.1) is 5.92 Å². The van der Waals surface area contributed by atoms with Gasteiger partial charge in [-0.05, 0) is 17.1 Å². The van der Waals surface area contributed by atoms with E-state index in [0.29, 0.717) is 12.5 Å². The normalized spacial score (nSPS) is 13.9. The van der Waals surface area contributed by atoms with E-state index in [1.807, 2.05) is 6.07 Å². The third-order valence-electron chi connectivity index (χ3n) is 2.57. The van der Waals surface area contributed by atoms with Crippen molar-refractivity contribution in [2.24, 2.45) is 5.92 Å². The van der Waals surface area contributed by atoms with E-state index in [2.05, 4.69) is 44.2 Å². The quantitative estimate of drug-likeness (QED) is 0.709. The summed E-state index contributed by atoms with van der Waals surface area (Å²) in [5, 5.41) is 0. The third-order valence-corrected chi connectivity index (χ3v) is 2.57. The number of hydrogen-bond acceptors (Lipinski definition) is 1. The van der Waals surface area contributed by atoms with Gasteiger partial charge in [-0.25, -0.2) is 0 Å². The molecule has 15 heavy (non-hydrogen) atoms. The largest absolute Gasteiger partial charge is 0.380 e. The second-order valence-electron chi connectivity index (χ2n) is 3.88. The van der Waals surface area contributed by atoms with Crippen molar-refractivity contribution in [3.63, 3.8) is 0 Å². The zero-order valence-electron chi connectivity index (χ0n) is 9.86. The van der Waals surface area contributed by atoms with Gasteiger partial charge in [-0.1, -0.05) is 56.7 Å². The standard InChI is InChI=1S/C14H20O/c1-4-12(2)10-14(11-15-3)13-8-6-5-7-9-13/h5-10,12H,4,11H2,1-3H3/b14-10-. The van der Waals surface area contributed by atoms with Gasteiger partial charge >= 0.3 is 0 Å². The minimum absolute atomic E-state index is 0.607. The van der Waals surface area contributed by atoms with Gasteiger partial charge in [0, 0.05) is 7.11 Å². The first kappa shape index (κ1) is 12.0. The first-order valence-electron chi connectivity index (χ1n) is 5.53. The molecule has 1 unspecified atom stereocenters. The molecule has 0 N–H and O–H groups in total. The van der Waals surface area contributed by atoms with Crippen molar-refractivity contribution in [2.75, 3.05) is 13.7 Å². The molecule has 0 saturated heterocycles. The molecule has 0 aliphatic rings. The Morgan fingerprint density at radius 2 is 2.00 bits per heavy atom. The number of rotatable bonds is 5. The van der Waals surface area contributed by atoms with E-state index in [9.17, 15) is 0 Å². The molecule has 1 aromatic rings. The van der Waals surface area contributed by atoms with Crippen molar-refractivity contribution < 1.29 is 4.74 Å². The van der Waals surface area contributed by atoms with E-state index >= 15 is 0 Å². The maximum atomic E-state index is 5.24. The van der Waals surface area contributed by atoms with Crippen molar-refractivity contribution in [3.05, 3.63) is 42.0 Å². The smallest absolute Gasteiger partial charge is 0.0715 e.